The van der Waals surface area contributed by atoms with Gasteiger partial charge in [0.1, 0.15) is 5.69 Å². The zero-order valence-electron chi connectivity index (χ0n) is 17.2. The summed E-state index contributed by atoms with van der Waals surface area (Å²) >= 11 is 7.69. The monoisotopic (exact) mass is 573 g/mol. The Morgan fingerprint density at radius 1 is 1.23 bits per heavy atom. The fourth-order valence-corrected chi connectivity index (χ4v) is 4.47. The van der Waals surface area contributed by atoms with Crippen LogP contribution in [-0.4, -0.2) is 70.7 Å². The molecule has 0 atom stereocenters. The molecule has 0 spiro atoms. The maximum Gasteiger partial charge on any atom is 0.276 e. The van der Waals surface area contributed by atoms with Gasteiger partial charge in [0.05, 0.1) is 4.34 Å². The third kappa shape index (κ3) is 6.61. The zero-order valence-corrected chi connectivity index (χ0v) is 21.1. The molecule has 0 aliphatic carbocycles. The molecule has 3 aromatic heterocycles. The fraction of sp³-hybridized carbons (Fsp3) is 0.400. The first-order valence-electron chi connectivity index (χ1n) is 9.87. The van der Waals surface area contributed by atoms with E-state index in [9.17, 15) is 0 Å². The minimum absolute atomic E-state index is 0. The van der Waals surface area contributed by atoms with Crippen molar-refractivity contribution in [1.29, 1.82) is 0 Å². The van der Waals surface area contributed by atoms with Crippen molar-refractivity contribution in [2.45, 2.75) is 13.0 Å². The average molecular weight is 574 g/mol. The third-order valence-corrected chi connectivity index (χ3v) is 6.09. The van der Waals surface area contributed by atoms with Gasteiger partial charge in [-0.2, -0.15) is 4.98 Å². The van der Waals surface area contributed by atoms with Gasteiger partial charge < -0.3 is 14.7 Å². The quantitative estimate of drug-likeness (QED) is 0.275. The highest BCUT2D eigenvalue weighted by molar-refractivity contribution is 14.0. The number of rotatable bonds is 6. The van der Waals surface area contributed by atoms with Crippen molar-refractivity contribution in [2.24, 2.45) is 4.99 Å². The number of hydrogen-bond acceptors (Lipinski definition) is 7. The molecule has 3 aromatic rings. The molecule has 11 heteroatoms. The smallest absolute Gasteiger partial charge is 0.276 e. The van der Waals surface area contributed by atoms with E-state index in [0.29, 0.717) is 30.4 Å². The molecule has 8 nitrogen and oxygen atoms in total. The summed E-state index contributed by atoms with van der Waals surface area (Å²) in [6.07, 6.45) is 2.36. The van der Waals surface area contributed by atoms with Gasteiger partial charge in [-0.1, -0.05) is 22.8 Å². The molecule has 31 heavy (non-hydrogen) atoms. The zero-order chi connectivity index (χ0) is 20.8. The van der Waals surface area contributed by atoms with Crippen molar-refractivity contribution >= 4 is 52.9 Å². The van der Waals surface area contributed by atoms with Crippen LogP contribution in [0.3, 0.4) is 0 Å². The van der Waals surface area contributed by atoms with Gasteiger partial charge in [-0.05, 0) is 24.3 Å². The first-order valence-corrected chi connectivity index (χ1v) is 11.1. The standard InChI is InChI=1S/C20H24ClN7OS.HI/c1-22-20(28-12-10-27(11-13-28)14-15-5-6-17(21)30-15)24-9-7-18-25-19(29-26-18)16-4-2-3-8-23-16;/h2-6,8H,7,9-14H2,1H3,(H,22,24);1H. The van der Waals surface area contributed by atoms with Crippen LogP contribution in [0.4, 0.5) is 0 Å². The van der Waals surface area contributed by atoms with Gasteiger partial charge in [-0.3, -0.25) is 14.9 Å². The molecule has 166 valence electrons. The Labute approximate surface area is 207 Å². The summed E-state index contributed by atoms with van der Waals surface area (Å²) in [5.74, 6) is 2.00. The number of pyridine rings is 1. The summed E-state index contributed by atoms with van der Waals surface area (Å²) in [4.78, 5) is 19.1. The molecule has 1 N–H and O–H groups in total. The number of nitrogens with zero attached hydrogens (tertiary/aromatic N) is 6. The number of thiophene rings is 1. The van der Waals surface area contributed by atoms with E-state index in [4.69, 9.17) is 16.1 Å². The number of nitrogens with one attached hydrogen (secondary N) is 1. The predicted octanol–water partition coefficient (Wildman–Crippen LogP) is 3.40. The van der Waals surface area contributed by atoms with Crippen molar-refractivity contribution in [3.8, 4) is 11.6 Å². The number of halogens is 2. The largest absolute Gasteiger partial charge is 0.356 e. The lowest BCUT2D eigenvalue weighted by atomic mass is 10.3. The molecule has 4 heterocycles. The summed E-state index contributed by atoms with van der Waals surface area (Å²) in [5.41, 5.74) is 0.683. The molecule has 1 fully saturated rings. The molecule has 0 bridgehead atoms. The van der Waals surface area contributed by atoms with Gasteiger partial charge in [-0.15, -0.1) is 35.3 Å². The van der Waals surface area contributed by atoms with Gasteiger partial charge in [0.15, 0.2) is 11.8 Å². The lowest BCUT2D eigenvalue weighted by Crippen LogP contribution is -2.52. The van der Waals surface area contributed by atoms with Crippen molar-refractivity contribution < 1.29 is 4.52 Å². The topological polar surface area (TPSA) is 82.7 Å². The molecule has 0 aromatic carbocycles. The van der Waals surface area contributed by atoms with Crippen molar-refractivity contribution in [2.75, 3.05) is 39.8 Å². The lowest BCUT2D eigenvalue weighted by Gasteiger charge is -2.36. The second-order valence-corrected chi connectivity index (χ2v) is 8.72. The van der Waals surface area contributed by atoms with Gasteiger partial charge in [0, 0.05) is 63.8 Å². The Hall–Kier alpha value is -1.76. The van der Waals surface area contributed by atoms with Crippen LogP contribution in [0.2, 0.25) is 4.34 Å². The second-order valence-electron chi connectivity index (χ2n) is 6.92. The van der Waals surface area contributed by atoms with E-state index in [2.05, 4.69) is 41.3 Å². The Balaban J connectivity index is 0.00000272. The number of aromatic nitrogens is 3. The van der Waals surface area contributed by atoms with E-state index in [1.54, 1.807) is 17.5 Å². The van der Waals surface area contributed by atoms with Crippen LogP contribution in [0.25, 0.3) is 11.6 Å². The maximum absolute atomic E-state index is 6.04. The summed E-state index contributed by atoms with van der Waals surface area (Å²) in [6, 6.07) is 9.68. The van der Waals surface area contributed by atoms with Crippen LogP contribution < -0.4 is 5.32 Å². The number of piperazine rings is 1. The first-order chi connectivity index (χ1) is 14.7. The van der Waals surface area contributed by atoms with Crippen LogP contribution in [0.1, 0.15) is 10.7 Å². The average Bonchev–Trinajstić information content (AvgIpc) is 3.42. The maximum atomic E-state index is 6.04. The molecular formula is C20H25ClIN7OS. The minimum atomic E-state index is 0. The molecule has 0 amide bonds. The first kappa shape index (κ1) is 23.9. The lowest BCUT2D eigenvalue weighted by molar-refractivity contribution is 0.174. The SMILES string of the molecule is CN=C(NCCc1noc(-c2ccccn2)n1)N1CCN(Cc2ccc(Cl)s2)CC1.I. The second kappa shape index (κ2) is 11.7. The number of guanidine groups is 1. The molecular weight excluding hydrogens is 549 g/mol. The molecule has 0 saturated carbocycles. The summed E-state index contributed by atoms with van der Waals surface area (Å²) < 4.78 is 6.16. The Kier molecular flexibility index (Phi) is 9.05. The van der Waals surface area contributed by atoms with Gasteiger partial charge >= 0.3 is 0 Å². The third-order valence-electron chi connectivity index (χ3n) is 4.88. The van der Waals surface area contributed by atoms with Gasteiger partial charge in [-0.25, -0.2) is 0 Å². The Morgan fingerprint density at radius 2 is 2.06 bits per heavy atom. The van der Waals surface area contributed by atoms with E-state index in [1.165, 1.54) is 4.88 Å². The van der Waals surface area contributed by atoms with E-state index >= 15 is 0 Å². The van der Waals surface area contributed by atoms with Crippen LogP contribution >= 0.6 is 46.9 Å². The van der Waals surface area contributed by atoms with Gasteiger partial charge in [0.25, 0.3) is 5.89 Å². The van der Waals surface area contributed by atoms with Crippen molar-refractivity contribution in [3.63, 3.8) is 0 Å². The predicted molar refractivity (Wildman–Crippen MR) is 134 cm³/mol. The van der Waals surface area contributed by atoms with E-state index in [0.717, 1.165) is 43.0 Å². The number of hydrogen-bond donors (Lipinski definition) is 1. The van der Waals surface area contributed by atoms with Crippen LogP contribution in [0, 0.1) is 0 Å². The van der Waals surface area contributed by atoms with E-state index < -0.39 is 0 Å². The normalized spacial score (nSPS) is 15.0. The Morgan fingerprint density at radius 3 is 2.74 bits per heavy atom. The van der Waals surface area contributed by atoms with Crippen molar-refractivity contribution in [3.05, 3.63) is 51.6 Å². The van der Waals surface area contributed by atoms with E-state index in [-0.39, 0.29) is 24.0 Å². The summed E-state index contributed by atoms with van der Waals surface area (Å²) in [5, 5.41) is 7.45. The molecule has 1 aliphatic heterocycles. The molecule has 0 unspecified atom stereocenters. The molecule has 1 saturated heterocycles. The highest BCUT2D eigenvalue weighted by atomic mass is 127. The minimum Gasteiger partial charge on any atom is -0.356 e. The molecule has 0 radical (unpaired) electrons. The number of aliphatic imine (C=N–C) groups is 1. The molecule has 1 aliphatic rings. The fourth-order valence-electron chi connectivity index (χ4n) is 3.34. The van der Waals surface area contributed by atoms with Crippen LogP contribution in [0.5, 0.6) is 0 Å². The Bertz CT molecular complexity index is 973. The van der Waals surface area contributed by atoms with Crippen LogP contribution in [-0.2, 0) is 13.0 Å². The van der Waals surface area contributed by atoms with Crippen molar-refractivity contribution in [1.82, 2.24) is 30.2 Å². The summed E-state index contributed by atoms with van der Waals surface area (Å²) in [6.45, 7) is 5.49. The highest BCUT2D eigenvalue weighted by Gasteiger charge is 2.20. The van der Waals surface area contributed by atoms with Gasteiger partial charge in [0.2, 0.25) is 0 Å². The highest BCUT2D eigenvalue weighted by Crippen LogP contribution is 2.23. The molecule has 4 rings (SSSR count). The summed E-state index contributed by atoms with van der Waals surface area (Å²) in [7, 11) is 1.82. The van der Waals surface area contributed by atoms with E-state index in [1.807, 2.05) is 31.3 Å². The van der Waals surface area contributed by atoms with Crippen LogP contribution in [0.15, 0.2) is 46.0 Å².